The Morgan fingerprint density at radius 3 is 1.69 bits per heavy atom. The number of nitrogens with zero attached hydrogens (tertiary/aromatic N) is 3. The largest absolute Gasteiger partial charge is 0.507 e. The number of phenols is 1. The van der Waals surface area contributed by atoms with Crippen LogP contribution >= 0.6 is 0 Å². The molecule has 9 rings (SSSR count). The summed E-state index contributed by atoms with van der Waals surface area (Å²) in [5.41, 5.74) is 13.9. The molecule has 0 atom stereocenters. The van der Waals surface area contributed by atoms with E-state index in [2.05, 4.69) is 198 Å². The fraction of sp³-hybridized carbons (Fsp3) is 0.148. The van der Waals surface area contributed by atoms with Crippen molar-refractivity contribution in [1.82, 2.24) is 14.5 Å². The molecule has 4 heteroatoms. The number of rotatable bonds is 6. The summed E-state index contributed by atoms with van der Waals surface area (Å²) in [6.45, 7) is 13.1. The van der Waals surface area contributed by atoms with E-state index in [1.807, 2.05) is 18.3 Å². The molecule has 58 heavy (non-hydrogen) atoms. The van der Waals surface area contributed by atoms with Gasteiger partial charge in [-0.05, 0) is 92.2 Å². The van der Waals surface area contributed by atoms with Gasteiger partial charge in [-0.3, -0.25) is 9.55 Å². The van der Waals surface area contributed by atoms with E-state index < -0.39 is 0 Å². The summed E-state index contributed by atoms with van der Waals surface area (Å²) < 4.78 is 2.27. The molecule has 0 radical (unpaired) electrons. The summed E-state index contributed by atoms with van der Waals surface area (Å²) in [5.74, 6) is 1.05. The maximum Gasteiger partial charge on any atom is 0.138 e. The Balaban J connectivity index is 1.23. The number of aromatic hydroxyl groups is 1. The van der Waals surface area contributed by atoms with E-state index in [9.17, 15) is 5.11 Å². The first-order valence-electron chi connectivity index (χ1n) is 20.0. The number of fused-ring (bicyclic) bond motifs is 3. The van der Waals surface area contributed by atoms with Gasteiger partial charge in [0.05, 0.1) is 22.4 Å². The molecule has 0 amide bonds. The average Bonchev–Trinajstić information content (AvgIpc) is 3.57. The highest BCUT2D eigenvalue weighted by atomic mass is 16.3. The van der Waals surface area contributed by atoms with Crippen molar-refractivity contribution in [2.24, 2.45) is 0 Å². The predicted octanol–water partition coefficient (Wildman–Crippen LogP) is 14.2. The normalized spacial score (nSPS) is 12.0. The number of aromatic nitrogens is 3. The van der Waals surface area contributed by atoms with Crippen LogP contribution in [0.2, 0.25) is 0 Å². The minimum Gasteiger partial charge on any atom is -0.507 e. The first kappa shape index (κ1) is 36.8. The van der Waals surface area contributed by atoms with Crippen LogP contribution in [0.25, 0.3) is 83.5 Å². The molecule has 9 aromatic rings. The number of pyridine rings is 2. The van der Waals surface area contributed by atoms with Gasteiger partial charge in [0.25, 0.3) is 0 Å². The van der Waals surface area contributed by atoms with Crippen LogP contribution in [0.3, 0.4) is 0 Å². The molecule has 6 aromatic carbocycles. The summed E-state index contributed by atoms with van der Waals surface area (Å²) >= 11 is 0. The lowest BCUT2D eigenvalue weighted by Gasteiger charge is -2.27. The van der Waals surface area contributed by atoms with Crippen LogP contribution in [0.15, 0.2) is 170 Å². The van der Waals surface area contributed by atoms with Crippen molar-refractivity contribution < 1.29 is 5.11 Å². The zero-order valence-corrected chi connectivity index (χ0v) is 34.0. The predicted molar refractivity (Wildman–Crippen MR) is 243 cm³/mol. The van der Waals surface area contributed by atoms with E-state index in [4.69, 9.17) is 9.97 Å². The molecule has 284 valence electrons. The SMILES string of the molecule is CC(C)(C)c1cc(-c2cc(-c3ccccc3)cc(-n3c4ccccc4c4ccc(-c5cc(-c6ccc(-c7ccccc7)cc6)ccn5)cc43)n2)c(O)c(C(C)(C)C)c1. The number of phenolic OH excluding ortho intramolecular Hbond substituents is 1. The molecule has 4 nitrogen and oxygen atoms in total. The zero-order valence-electron chi connectivity index (χ0n) is 34.0. The van der Waals surface area contributed by atoms with Crippen LogP contribution in [-0.2, 0) is 10.8 Å². The Morgan fingerprint density at radius 2 is 1.02 bits per heavy atom. The number of hydrogen-bond acceptors (Lipinski definition) is 3. The van der Waals surface area contributed by atoms with Crippen LogP contribution in [0, 0.1) is 0 Å². The van der Waals surface area contributed by atoms with Crippen LogP contribution < -0.4 is 0 Å². The Bertz CT molecular complexity index is 2950. The summed E-state index contributed by atoms with van der Waals surface area (Å²) in [5, 5.41) is 14.3. The van der Waals surface area contributed by atoms with Crippen molar-refractivity contribution in [1.29, 1.82) is 0 Å². The van der Waals surface area contributed by atoms with Crippen molar-refractivity contribution in [3.8, 4) is 67.5 Å². The standard InChI is InChI=1S/C54H47N3O/c1-53(2,3)42-33-45(52(58)46(34-42)54(4,5)6)48-30-41(36-17-11-8-12-18-36)32-51(56-48)57-49-20-14-13-19-43(49)44-26-25-40(31-50(44)57)47-29-39(27-28-55-47)38-23-21-37(22-24-38)35-15-9-7-10-16-35/h7-34,58H,1-6H3. The summed E-state index contributed by atoms with van der Waals surface area (Å²) in [6.07, 6.45) is 1.90. The summed E-state index contributed by atoms with van der Waals surface area (Å²) in [7, 11) is 0. The summed E-state index contributed by atoms with van der Waals surface area (Å²) in [4.78, 5) is 10.3. The van der Waals surface area contributed by atoms with Gasteiger partial charge in [-0.25, -0.2) is 4.98 Å². The van der Waals surface area contributed by atoms with Crippen molar-refractivity contribution in [2.75, 3.05) is 0 Å². The van der Waals surface area contributed by atoms with E-state index in [1.165, 1.54) is 11.1 Å². The monoisotopic (exact) mass is 753 g/mol. The zero-order chi connectivity index (χ0) is 40.2. The smallest absolute Gasteiger partial charge is 0.138 e. The number of hydrogen-bond donors (Lipinski definition) is 1. The van der Waals surface area contributed by atoms with Crippen LogP contribution in [-0.4, -0.2) is 19.6 Å². The quantitative estimate of drug-likeness (QED) is 0.184. The summed E-state index contributed by atoms with van der Waals surface area (Å²) in [6, 6.07) is 57.6. The lowest BCUT2D eigenvalue weighted by molar-refractivity contribution is 0.446. The van der Waals surface area contributed by atoms with Gasteiger partial charge in [0.15, 0.2) is 0 Å². The van der Waals surface area contributed by atoms with Crippen molar-refractivity contribution in [3.05, 3.63) is 181 Å². The molecule has 0 unspecified atom stereocenters. The third-order valence-corrected chi connectivity index (χ3v) is 11.3. The third-order valence-electron chi connectivity index (χ3n) is 11.3. The van der Waals surface area contributed by atoms with Gasteiger partial charge in [-0.15, -0.1) is 0 Å². The molecule has 3 heterocycles. The maximum absolute atomic E-state index is 12.1. The lowest BCUT2D eigenvalue weighted by atomic mass is 9.78. The fourth-order valence-electron chi connectivity index (χ4n) is 8.03. The van der Waals surface area contributed by atoms with Crippen molar-refractivity contribution >= 4 is 21.8 Å². The van der Waals surface area contributed by atoms with E-state index in [0.717, 1.165) is 83.5 Å². The molecule has 0 spiro atoms. The van der Waals surface area contributed by atoms with E-state index in [1.54, 1.807) is 0 Å². The van der Waals surface area contributed by atoms with Crippen molar-refractivity contribution in [3.63, 3.8) is 0 Å². The lowest BCUT2D eigenvalue weighted by Crippen LogP contribution is -2.17. The first-order chi connectivity index (χ1) is 27.9. The van der Waals surface area contributed by atoms with Crippen LogP contribution in [0.1, 0.15) is 52.7 Å². The molecule has 3 aromatic heterocycles. The van der Waals surface area contributed by atoms with Gasteiger partial charge in [0.1, 0.15) is 11.6 Å². The molecular weight excluding hydrogens is 707 g/mol. The minimum atomic E-state index is -0.278. The number of benzene rings is 6. The second-order valence-corrected chi connectivity index (χ2v) is 17.3. The Morgan fingerprint density at radius 1 is 0.448 bits per heavy atom. The van der Waals surface area contributed by atoms with Gasteiger partial charge in [0, 0.05) is 33.7 Å². The topological polar surface area (TPSA) is 50.9 Å². The average molecular weight is 754 g/mol. The highest BCUT2D eigenvalue weighted by molar-refractivity contribution is 6.10. The highest BCUT2D eigenvalue weighted by Gasteiger charge is 2.27. The van der Waals surface area contributed by atoms with Crippen LogP contribution in [0.4, 0.5) is 0 Å². The minimum absolute atomic E-state index is 0.136. The molecule has 0 aliphatic rings. The maximum atomic E-state index is 12.1. The highest BCUT2D eigenvalue weighted by Crippen LogP contribution is 2.43. The second kappa shape index (κ2) is 14.3. The van der Waals surface area contributed by atoms with Gasteiger partial charge < -0.3 is 5.11 Å². The second-order valence-electron chi connectivity index (χ2n) is 17.3. The fourth-order valence-corrected chi connectivity index (χ4v) is 8.03. The molecule has 0 saturated carbocycles. The Hall–Kier alpha value is -6.78. The van der Waals surface area contributed by atoms with E-state index >= 15 is 0 Å². The Kier molecular flexibility index (Phi) is 9.09. The van der Waals surface area contributed by atoms with E-state index in [-0.39, 0.29) is 16.6 Å². The molecule has 1 N–H and O–H groups in total. The van der Waals surface area contributed by atoms with E-state index in [0.29, 0.717) is 0 Å². The molecule has 0 fully saturated rings. The number of para-hydroxylation sites is 1. The van der Waals surface area contributed by atoms with Crippen LogP contribution in [0.5, 0.6) is 5.75 Å². The van der Waals surface area contributed by atoms with Gasteiger partial charge in [0.2, 0.25) is 0 Å². The molecule has 0 saturated heterocycles. The molecule has 0 aliphatic carbocycles. The van der Waals surface area contributed by atoms with Gasteiger partial charge in [-0.1, -0.05) is 163 Å². The molecule has 0 bridgehead atoms. The first-order valence-corrected chi connectivity index (χ1v) is 20.0. The van der Waals surface area contributed by atoms with Crippen molar-refractivity contribution in [2.45, 2.75) is 52.4 Å². The van der Waals surface area contributed by atoms with Gasteiger partial charge in [-0.2, -0.15) is 0 Å². The van der Waals surface area contributed by atoms with Gasteiger partial charge >= 0.3 is 0 Å². The molecule has 0 aliphatic heterocycles. The molecular formula is C54H47N3O. The third kappa shape index (κ3) is 6.85. The Labute approximate surface area is 341 Å².